The Morgan fingerprint density at radius 1 is 0.812 bits per heavy atom. The number of nitrogens with zero attached hydrogens (tertiary/aromatic N) is 1. The van der Waals surface area contributed by atoms with E-state index in [0.717, 1.165) is 18.2 Å². The van der Waals surface area contributed by atoms with E-state index in [1.165, 1.54) is 12.1 Å². The highest BCUT2D eigenvalue weighted by Gasteiger charge is 2.82. The Bertz CT molecular complexity index is 1060. The van der Waals surface area contributed by atoms with Crippen LogP contribution in [-0.2, 0) is 11.8 Å². The van der Waals surface area contributed by atoms with Crippen molar-refractivity contribution in [3.8, 4) is 17.2 Å². The summed E-state index contributed by atoms with van der Waals surface area (Å²) in [5, 5.41) is 8.88. The van der Waals surface area contributed by atoms with Crippen LogP contribution < -0.4 is 0 Å². The summed E-state index contributed by atoms with van der Waals surface area (Å²) in [5.41, 5.74) is -14.1. The van der Waals surface area contributed by atoms with Gasteiger partial charge in [0.2, 0.25) is 0 Å². The minimum atomic E-state index is -7.20. The molecule has 0 N–H and O–H groups in total. The van der Waals surface area contributed by atoms with Gasteiger partial charge >= 0.3 is 30.1 Å². The third kappa shape index (κ3) is 4.14. The average molecular weight is 543 g/mol. The standard InChI is InChI=1S/C18H5BrF12N/c19-12-6-10(15(21,22)23)5-11(13(12)9-3-1-2-8(4-9)7-32)14(20,17(26,27)28)16(24,25)18(29,30)31/h1-5H. The lowest BCUT2D eigenvalue weighted by molar-refractivity contribution is -0.389. The van der Waals surface area contributed by atoms with Gasteiger partial charge in [-0.25, -0.2) is 4.39 Å². The first kappa shape index (κ1) is 25.8. The third-order valence-corrected chi connectivity index (χ3v) is 4.75. The second-order valence-electron chi connectivity index (χ2n) is 6.20. The van der Waals surface area contributed by atoms with Gasteiger partial charge in [0.15, 0.2) is 0 Å². The van der Waals surface area contributed by atoms with Crippen LogP contribution in [0.4, 0.5) is 52.7 Å². The van der Waals surface area contributed by atoms with Crippen LogP contribution in [0.2, 0.25) is 0 Å². The van der Waals surface area contributed by atoms with Gasteiger partial charge in [0.25, 0.3) is 0 Å². The largest absolute Gasteiger partial charge is 0.457 e. The molecule has 14 heteroatoms. The summed E-state index contributed by atoms with van der Waals surface area (Å²) in [5.74, 6) is -7.20. The molecule has 0 spiro atoms. The van der Waals surface area contributed by atoms with E-state index < -0.39 is 62.9 Å². The molecule has 1 radical (unpaired) electrons. The minimum Gasteiger partial charge on any atom is -0.221 e. The van der Waals surface area contributed by atoms with Crippen LogP contribution in [0.5, 0.6) is 0 Å². The van der Waals surface area contributed by atoms with E-state index in [1.54, 1.807) is 0 Å². The molecule has 0 fully saturated rings. The fourth-order valence-electron chi connectivity index (χ4n) is 2.70. The molecule has 1 atom stereocenters. The van der Waals surface area contributed by atoms with Crippen LogP contribution >= 0.6 is 15.9 Å². The molecule has 0 saturated carbocycles. The Hall–Kier alpha value is -2.43. The first-order valence-electron chi connectivity index (χ1n) is 7.83. The molecule has 0 aliphatic rings. The Morgan fingerprint density at radius 3 is 1.81 bits per heavy atom. The van der Waals surface area contributed by atoms with Crippen LogP contribution in [0.25, 0.3) is 11.1 Å². The van der Waals surface area contributed by atoms with Crippen molar-refractivity contribution in [2.75, 3.05) is 0 Å². The maximum atomic E-state index is 15.1. The van der Waals surface area contributed by atoms with E-state index in [1.807, 2.05) is 0 Å². The number of alkyl halides is 12. The topological polar surface area (TPSA) is 23.8 Å². The lowest BCUT2D eigenvalue weighted by atomic mass is 9.81. The summed E-state index contributed by atoms with van der Waals surface area (Å²) in [4.78, 5) is 0. The van der Waals surface area contributed by atoms with E-state index in [-0.39, 0.29) is 5.56 Å². The summed E-state index contributed by atoms with van der Waals surface area (Å²) < 4.78 is 160. The van der Waals surface area contributed by atoms with Crippen LogP contribution in [0.3, 0.4) is 0 Å². The van der Waals surface area contributed by atoms with Crippen molar-refractivity contribution >= 4 is 15.9 Å². The third-order valence-electron chi connectivity index (χ3n) is 4.16. The van der Waals surface area contributed by atoms with Gasteiger partial charge in [0, 0.05) is 21.7 Å². The highest BCUT2D eigenvalue weighted by atomic mass is 79.9. The lowest BCUT2D eigenvalue weighted by Crippen LogP contribution is -2.60. The molecule has 2 rings (SSSR count). The molecule has 0 heterocycles. The molecule has 173 valence electrons. The zero-order chi connectivity index (χ0) is 24.9. The molecule has 2 aromatic rings. The van der Waals surface area contributed by atoms with Gasteiger partial charge in [-0.15, -0.1) is 0 Å². The molecule has 0 aliphatic heterocycles. The zero-order valence-corrected chi connectivity index (χ0v) is 16.3. The molecule has 0 bridgehead atoms. The van der Waals surface area contributed by atoms with E-state index >= 15 is 4.39 Å². The minimum absolute atomic E-state index is 0.362. The van der Waals surface area contributed by atoms with Crippen molar-refractivity contribution in [2.24, 2.45) is 0 Å². The first-order valence-corrected chi connectivity index (χ1v) is 8.62. The molecule has 32 heavy (non-hydrogen) atoms. The van der Waals surface area contributed by atoms with Crippen LogP contribution in [-0.4, -0.2) is 18.3 Å². The van der Waals surface area contributed by atoms with Crippen molar-refractivity contribution in [1.29, 1.82) is 5.26 Å². The van der Waals surface area contributed by atoms with E-state index in [9.17, 15) is 48.3 Å². The molecule has 1 unspecified atom stereocenters. The van der Waals surface area contributed by atoms with Crippen LogP contribution in [0.15, 0.2) is 34.8 Å². The highest BCUT2D eigenvalue weighted by molar-refractivity contribution is 9.10. The average Bonchev–Trinajstić information content (AvgIpc) is 2.64. The molecule has 0 saturated heterocycles. The quantitative estimate of drug-likeness (QED) is 0.364. The zero-order valence-electron chi connectivity index (χ0n) is 14.7. The lowest BCUT2D eigenvalue weighted by Gasteiger charge is -2.37. The van der Waals surface area contributed by atoms with Gasteiger partial charge in [-0.2, -0.15) is 53.6 Å². The predicted octanol–water partition coefficient (Wildman–Crippen LogP) is 7.73. The van der Waals surface area contributed by atoms with Gasteiger partial charge < -0.3 is 0 Å². The van der Waals surface area contributed by atoms with Gasteiger partial charge in [-0.1, -0.05) is 12.1 Å². The summed E-state index contributed by atoms with van der Waals surface area (Å²) in [6, 6.07) is 5.54. The monoisotopic (exact) mass is 542 g/mol. The maximum Gasteiger partial charge on any atom is 0.457 e. The number of nitriles is 1. The number of rotatable bonds is 3. The number of hydrogen-bond acceptors (Lipinski definition) is 1. The van der Waals surface area contributed by atoms with Gasteiger partial charge in [-0.05, 0) is 39.7 Å². The van der Waals surface area contributed by atoms with E-state index in [4.69, 9.17) is 5.26 Å². The molecule has 0 amide bonds. The fourth-order valence-corrected chi connectivity index (χ4v) is 3.35. The Kier molecular flexibility index (Phi) is 6.34. The normalized spacial score (nSPS) is 15.2. The molecule has 0 aromatic heterocycles. The van der Waals surface area contributed by atoms with Crippen LogP contribution in [0.1, 0.15) is 16.7 Å². The SMILES string of the molecule is N#Cc1cccc(-c2c(Br)[c]c(C(F)(F)F)cc2C(F)(C(F)(F)F)C(F)(F)C(F)(F)F)c1. The van der Waals surface area contributed by atoms with Crippen LogP contribution in [0, 0.1) is 17.4 Å². The fraction of sp³-hybridized carbons (Fsp3) is 0.278. The van der Waals surface area contributed by atoms with Gasteiger partial charge in [-0.3, -0.25) is 0 Å². The summed E-state index contributed by atoms with van der Waals surface area (Å²) in [7, 11) is 0. The number of hydrogen-bond donors (Lipinski definition) is 0. The van der Waals surface area contributed by atoms with Crippen molar-refractivity contribution in [2.45, 2.75) is 30.1 Å². The molecule has 1 nitrogen and oxygen atoms in total. The maximum absolute atomic E-state index is 15.1. The summed E-state index contributed by atoms with van der Waals surface area (Å²) in [6.07, 6.45) is -19.8. The Morgan fingerprint density at radius 2 is 1.38 bits per heavy atom. The first-order chi connectivity index (χ1) is 14.3. The summed E-state index contributed by atoms with van der Waals surface area (Å²) in [6.45, 7) is 0. The number of benzene rings is 2. The van der Waals surface area contributed by atoms with E-state index in [2.05, 4.69) is 15.9 Å². The predicted molar refractivity (Wildman–Crippen MR) is 88.0 cm³/mol. The number of halogens is 13. The second-order valence-corrected chi connectivity index (χ2v) is 7.00. The summed E-state index contributed by atoms with van der Waals surface area (Å²) >= 11 is 2.35. The molecule has 2 aromatic carbocycles. The van der Waals surface area contributed by atoms with E-state index in [0.29, 0.717) is 6.07 Å². The van der Waals surface area contributed by atoms with Gasteiger partial charge in [0.1, 0.15) is 0 Å². The highest BCUT2D eigenvalue weighted by Crippen LogP contribution is 2.60. The molecule has 0 aliphatic carbocycles. The Balaban J connectivity index is 3.13. The Labute approximate surface area is 179 Å². The van der Waals surface area contributed by atoms with Crippen molar-refractivity contribution < 1.29 is 52.7 Å². The van der Waals surface area contributed by atoms with Gasteiger partial charge in [0.05, 0.1) is 17.2 Å². The van der Waals surface area contributed by atoms with Crippen molar-refractivity contribution in [3.05, 3.63) is 57.6 Å². The second kappa shape index (κ2) is 7.86. The molecular formula is C18H5BrF12N. The smallest absolute Gasteiger partial charge is 0.221 e. The molecular weight excluding hydrogens is 538 g/mol. The van der Waals surface area contributed by atoms with Crippen molar-refractivity contribution in [3.63, 3.8) is 0 Å². The van der Waals surface area contributed by atoms with Crippen molar-refractivity contribution in [1.82, 2.24) is 0 Å².